The highest BCUT2D eigenvalue weighted by molar-refractivity contribution is 5.78. The number of hydrogen-bond donors (Lipinski definition) is 1. The van der Waals surface area contributed by atoms with Crippen LogP contribution in [0.3, 0.4) is 0 Å². The number of hydrogen-bond acceptors (Lipinski definition) is 8. The van der Waals surface area contributed by atoms with Crippen molar-refractivity contribution < 1.29 is 22.8 Å². The van der Waals surface area contributed by atoms with Gasteiger partial charge in [0.25, 0.3) is 0 Å². The predicted octanol–water partition coefficient (Wildman–Crippen LogP) is 3.63. The number of aromatic nitrogens is 5. The minimum absolute atomic E-state index is 0.0223. The third kappa shape index (κ3) is 4.49. The Labute approximate surface area is 171 Å². The lowest BCUT2D eigenvalue weighted by atomic mass is 10.3. The van der Waals surface area contributed by atoms with Gasteiger partial charge in [0.1, 0.15) is 18.3 Å². The smallest absolute Gasteiger partial charge is 0.406 e. The van der Waals surface area contributed by atoms with E-state index in [2.05, 4.69) is 30.0 Å². The summed E-state index contributed by atoms with van der Waals surface area (Å²) in [7, 11) is 0. The van der Waals surface area contributed by atoms with Crippen LogP contribution in [0.25, 0.3) is 17.0 Å². The minimum atomic E-state index is -4.86. The van der Waals surface area contributed by atoms with E-state index in [1.54, 1.807) is 24.5 Å². The lowest BCUT2D eigenvalue weighted by Crippen LogP contribution is -2.17. The van der Waals surface area contributed by atoms with E-state index >= 15 is 0 Å². The van der Waals surface area contributed by atoms with Crippen LogP contribution >= 0.6 is 0 Å². The average molecular weight is 431 g/mol. The van der Waals surface area contributed by atoms with Crippen molar-refractivity contribution in [2.75, 3.05) is 5.32 Å². The Morgan fingerprint density at radius 1 is 1.19 bits per heavy atom. The highest BCUT2D eigenvalue weighted by Crippen LogP contribution is 2.28. The Kier molecular flexibility index (Phi) is 5.07. The van der Waals surface area contributed by atoms with Gasteiger partial charge in [-0.1, -0.05) is 6.07 Å². The van der Waals surface area contributed by atoms with Crippen LogP contribution in [-0.4, -0.2) is 35.8 Å². The number of halogens is 3. The fourth-order valence-electron chi connectivity index (χ4n) is 2.78. The Bertz CT molecular complexity index is 1250. The third-order valence-electron chi connectivity index (χ3n) is 4.10. The Morgan fingerprint density at radius 3 is 2.74 bits per heavy atom. The van der Waals surface area contributed by atoms with Crippen molar-refractivity contribution in [1.82, 2.24) is 24.5 Å². The number of pyridine rings is 1. The first-order valence-electron chi connectivity index (χ1n) is 8.67. The van der Waals surface area contributed by atoms with Crippen LogP contribution < -0.4 is 10.1 Å². The molecule has 0 saturated heterocycles. The minimum Gasteiger partial charge on any atom is -0.406 e. The van der Waals surface area contributed by atoms with Crippen molar-refractivity contribution in [3.05, 3.63) is 70.9 Å². The molecular weight excluding hydrogens is 419 g/mol. The number of alkyl halides is 3. The molecule has 3 heterocycles. The van der Waals surface area contributed by atoms with Crippen LogP contribution in [0.2, 0.25) is 0 Å². The summed E-state index contributed by atoms with van der Waals surface area (Å²) >= 11 is 0. The predicted molar refractivity (Wildman–Crippen MR) is 102 cm³/mol. The van der Waals surface area contributed by atoms with Crippen LogP contribution in [0, 0.1) is 10.1 Å². The van der Waals surface area contributed by atoms with Gasteiger partial charge in [0.15, 0.2) is 0 Å². The van der Waals surface area contributed by atoms with Gasteiger partial charge >= 0.3 is 12.0 Å². The molecule has 0 radical (unpaired) electrons. The van der Waals surface area contributed by atoms with E-state index in [4.69, 9.17) is 0 Å². The third-order valence-corrected chi connectivity index (χ3v) is 4.10. The van der Waals surface area contributed by atoms with E-state index in [-0.39, 0.29) is 29.5 Å². The van der Waals surface area contributed by atoms with Gasteiger partial charge in [-0.2, -0.15) is 4.98 Å². The number of ether oxygens (including phenoxy) is 1. The molecule has 0 aliphatic heterocycles. The van der Waals surface area contributed by atoms with Crippen molar-refractivity contribution in [3.8, 4) is 11.7 Å². The second kappa shape index (κ2) is 7.85. The van der Waals surface area contributed by atoms with E-state index in [1.807, 2.05) is 0 Å². The molecule has 10 nitrogen and oxygen atoms in total. The maximum absolute atomic E-state index is 12.5. The first kappa shape index (κ1) is 20.0. The van der Waals surface area contributed by atoms with E-state index in [0.29, 0.717) is 5.52 Å². The number of nitro groups is 1. The molecule has 0 aliphatic carbocycles. The molecule has 4 rings (SSSR count). The maximum Gasteiger partial charge on any atom is 0.573 e. The van der Waals surface area contributed by atoms with E-state index in [1.165, 1.54) is 17.0 Å². The quantitative estimate of drug-likeness (QED) is 0.363. The molecule has 0 atom stereocenters. The monoisotopic (exact) mass is 431 g/mol. The summed E-state index contributed by atoms with van der Waals surface area (Å²) in [5.74, 6) is -0.534. The molecule has 0 unspecified atom stereocenters. The Balaban J connectivity index is 1.71. The van der Waals surface area contributed by atoms with Gasteiger partial charge < -0.3 is 10.1 Å². The van der Waals surface area contributed by atoms with Crippen molar-refractivity contribution in [2.24, 2.45) is 0 Å². The van der Waals surface area contributed by atoms with Gasteiger partial charge in [0.2, 0.25) is 11.8 Å². The summed E-state index contributed by atoms with van der Waals surface area (Å²) in [4.78, 5) is 26.9. The molecule has 0 saturated carbocycles. The molecule has 0 aliphatic rings. The number of rotatable bonds is 6. The van der Waals surface area contributed by atoms with Crippen molar-refractivity contribution in [1.29, 1.82) is 0 Å². The summed E-state index contributed by atoms with van der Waals surface area (Å²) < 4.78 is 42.9. The molecule has 1 aromatic carbocycles. The van der Waals surface area contributed by atoms with Gasteiger partial charge in [-0.3, -0.25) is 19.7 Å². The standard InChI is InChI=1S/C18H12F3N7O3/c19-18(20,21)31-12-3-4-13-14(6-12)27(10-25-13)17-24-9-15(28(29)30)16(26-17)23-8-11-2-1-5-22-7-11/h1-7,9-10H,8H2,(H,23,24,26). The van der Waals surface area contributed by atoms with Crippen LogP contribution in [0.1, 0.15) is 5.56 Å². The Hall–Kier alpha value is -4.29. The summed E-state index contributed by atoms with van der Waals surface area (Å²) in [6.45, 7) is 0.208. The average Bonchev–Trinajstić information content (AvgIpc) is 3.14. The summed E-state index contributed by atoms with van der Waals surface area (Å²) in [6, 6.07) is 7.10. The zero-order valence-electron chi connectivity index (χ0n) is 15.4. The molecule has 158 valence electrons. The van der Waals surface area contributed by atoms with E-state index < -0.39 is 17.0 Å². The summed E-state index contributed by atoms with van der Waals surface area (Å²) in [5.41, 5.74) is 0.993. The number of benzene rings is 1. The normalized spacial score (nSPS) is 11.5. The largest absolute Gasteiger partial charge is 0.573 e. The molecule has 4 aromatic rings. The number of nitrogens with one attached hydrogen (secondary N) is 1. The molecule has 0 fully saturated rings. The summed E-state index contributed by atoms with van der Waals surface area (Å²) in [6.07, 6.45) is 0.637. The number of fused-ring (bicyclic) bond motifs is 1. The molecule has 0 amide bonds. The van der Waals surface area contributed by atoms with Gasteiger partial charge in [-0.15, -0.1) is 13.2 Å². The topological polar surface area (TPSA) is 121 Å². The van der Waals surface area contributed by atoms with Gasteiger partial charge in [-0.05, 0) is 23.8 Å². The molecule has 3 aromatic heterocycles. The second-order valence-electron chi connectivity index (χ2n) is 6.19. The van der Waals surface area contributed by atoms with Crippen molar-refractivity contribution in [3.63, 3.8) is 0 Å². The lowest BCUT2D eigenvalue weighted by molar-refractivity contribution is -0.384. The molecule has 31 heavy (non-hydrogen) atoms. The Morgan fingerprint density at radius 2 is 2.03 bits per heavy atom. The number of imidazole rings is 1. The fraction of sp³-hybridized carbons (Fsp3) is 0.111. The second-order valence-corrected chi connectivity index (χ2v) is 6.19. The van der Waals surface area contributed by atoms with Gasteiger partial charge in [-0.25, -0.2) is 9.97 Å². The van der Waals surface area contributed by atoms with Crippen LogP contribution in [0.4, 0.5) is 24.7 Å². The molecular formula is C18H12F3N7O3. The highest BCUT2D eigenvalue weighted by Gasteiger charge is 2.31. The van der Waals surface area contributed by atoms with E-state index in [0.717, 1.165) is 23.9 Å². The molecule has 13 heteroatoms. The first-order valence-corrected chi connectivity index (χ1v) is 8.67. The van der Waals surface area contributed by atoms with Crippen LogP contribution in [0.5, 0.6) is 5.75 Å². The molecule has 0 spiro atoms. The maximum atomic E-state index is 12.5. The molecule has 1 N–H and O–H groups in total. The van der Waals surface area contributed by atoms with Gasteiger partial charge in [0, 0.05) is 25.0 Å². The van der Waals surface area contributed by atoms with Crippen molar-refractivity contribution >= 4 is 22.5 Å². The lowest BCUT2D eigenvalue weighted by Gasteiger charge is -2.10. The number of anilines is 1. The summed E-state index contributed by atoms with van der Waals surface area (Å²) in [5, 5.41) is 14.2. The van der Waals surface area contributed by atoms with Crippen LogP contribution in [-0.2, 0) is 6.54 Å². The first-order chi connectivity index (χ1) is 14.8. The van der Waals surface area contributed by atoms with Crippen LogP contribution in [0.15, 0.2) is 55.2 Å². The van der Waals surface area contributed by atoms with Crippen molar-refractivity contribution in [2.45, 2.75) is 12.9 Å². The zero-order valence-corrected chi connectivity index (χ0v) is 15.4. The van der Waals surface area contributed by atoms with E-state index in [9.17, 15) is 23.3 Å². The SMILES string of the molecule is O=[N+]([O-])c1cnc(-n2cnc3ccc(OC(F)(F)F)cc32)nc1NCc1cccnc1. The molecule has 0 bridgehead atoms. The van der Waals surface area contributed by atoms with Gasteiger partial charge in [0.05, 0.1) is 16.0 Å². The number of nitrogens with zero attached hydrogens (tertiary/aromatic N) is 6. The highest BCUT2D eigenvalue weighted by atomic mass is 19.4. The zero-order chi connectivity index (χ0) is 22.0. The fourth-order valence-corrected chi connectivity index (χ4v) is 2.78.